The molecule has 16 heavy (non-hydrogen) atoms. The van der Waals surface area contributed by atoms with Crippen LogP contribution >= 0.6 is 11.6 Å². The summed E-state index contributed by atoms with van der Waals surface area (Å²) in [6.45, 7) is 2.15. The zero-order valence-corrected chi connectivity index (χ0v) is 10.5. The van der Waals surface area contributed by atoms with Gasteiger partial charge in [-0.3, -0.25) is 0 Å². The molecule has 0 unspecified atom stereocenters. The first-order chi connectivity index (χ1) is 7.77. The fourth-order valence-electron chi connectivity index (χ4n) is 1.32. The van der Waals surface area contributed by atoms with E-state index in [1.165, 1.54) is 0 Å². The minimum absolute atomic E-state index is 0.548. The highest BCUT2D eigenvalue weighted by Crippen LogP contribution is 2.17. The second-order valence-corrected chi connectivity index (χ2v) is 3.80. The minimum atomic E-state index is 0.548. The lowest BCUT2D eigenvalue weighted by molar-refractivity contribution is 0.156. The van der Waals surface area contributed by atoms with Crippen LogP contribution in [0.4, 0.5) is 5.69 Å². The van der Waals surface area contributed by atoms with Gasteiger partial charge >= 0.3 is 0 Å². The van der Waals surface area contributed by atoms with Crippen LogP contribution in [0.1, 0.15) is 0 Å². The van der Waals surface area contributed by atoms with E-state index in [-0.39, 0.29) is 0 Å². The predicted molar refractivity (Wildman–Crippen MR) is 67.8 cm³/mol. The molecule has 0 saturated carbocycles. The van der Waals surface area contributed by atoms with Gasteiger partial charge in [-0.25, -0.2) is 0 Å². The van der Waals surface area contributed by atoms with Gasteiger partial charge in [-0.2, -0.15) is 0 Å². The molecule has 1 rings (SSSR count). The van der Waals surface area contributed by atoms with Crippen molar-refractivity contribution in [1.29, 1.82) is 0 Å². The zero-order chi connectivity index (χ0) is 11.8. The third-order valence-electron chi connectivity index (χ3n) is 2.31. The third-order valence-corrected chi connectivity index (χ3v) is 2.46. The Morgan fingerprint density at radius 1 is 1.19 bits per heavy atom. The van der Waals surface area contributed by atoms with Gasteiger partial charge in [0.05, 0.1) is 20.3 Å². The maximum Gasteiger partial charge on any atom is 0.119 e. The Hall–Kier alpha value is -0.930. The molecule has 0 amide bonds. The highest BCUT2D eigenvalue weighted by atomic mass is 35.5. The Kier molecular flexibility index (Phi) is 6.04. The van der Waals surface area contributed by atoms with Crippen LogP contribution < -0.4 is 9.64 Å². The molecule has 0 bridgehead atoms. The second-order valence-electron chi connectivity index (χ2n) is 3.42. The van der Waals surface area contributed by atoms with Crippen LogP contribution in [0.3, 0.4) is 0 Å². The van der Waals surface area contributed by atoms with Crippen molar-refractivity contribution >= 4 is 17.3 Å². The molecule has 0 aromatic heterocycles. The minimum Gasteiger partial charge on any atom is -0.497 e. The summed E-state index contributed by atoms with van der Waals surface area (Å²) in [5.74, 6) is 1.42. The van der Waals surface area contributed by atoms with Crippen LogP contribution in [0.5, 0.6) is 5.75 Å². The lowest BCUT2D eigenvalue weighted by Crippen LogP contribution is -2.22. The van der Waals surface area contributed by atoms with Crippen molar-refractivity contribution in [3.8, 4) is 5.75 Å². The second kappa shape index (κ2) is 7.36. The van der Waals surface area contributed by atoms with Gasteiger partial charge in [-0.1, -0.05) is 0 Å². The number of halogens is 1. The average Bonchev–Trinajstić information content (AvgIpc) is 2.34. The summed E-state index contributed by atoms with van der Waals surface area (Å²) >= 11 is 5.51. The lowest BCUT2D eigenvalue weighted by atomic mass is 10.3. The number of anilines is 1. The molecular formula is C12H18ClNO2. The predicted octanol–water partition coefficient (Wildman–Crippen LogP) is 2.39. The van der Waals surface area contributed by atoms with Crippen molar-refractivity contribution in [1.82, 2.24) is 0 Å². The standard InChI is InChI=1S/C12H18ClNO2/c1-14(8-10-16-9-7-13)11-3-5-12(15-2)6-4-11/h3-6H,7-10H2,1-2H3. The number of hydrogen-bond acceptors (Lipinski definition) is 3. The molecule has 0 radical (unpaired) electrons. The molecule has 90 valence electrons. The number of likely N-dealkylation sites (N-methyl/N-ethyl adjacent to an activating group) is 1. The topological polar surface area (TPSA) is 21.7 Å². The summed E-state index contributed by atoms with van der Waals surface area (Å²) in [7, 11) is 3.70. The number of alkyl halides is 1. The smallest absolute Gasteiger partial charge is 0.119 e. The van der Waals surface area contributed by atoms with Crippen molar-refractivity contribution in [3.05, 3.63) is 24.3 Å². The number of methoxy groups -OCH3 is 1. The molecule has 0 atom stereocenters. The van der Waals surface area contributed by atoms with E-state index in [9.17, 15) is 0 Å². The van der Waals surface area contributed by atoms with Gasteiger partial charge in [-0.15, -0.1) is 11.6 Å². The highest BCUT2D eigenvalue weighted by Gasteiger charge is 2.00. The molecule has 0 N–H and O–H groups in total. The third kappa shape index (κ3) is 4.29. The Balaban J connectivity index is 2.37. The first kappa shape index (κ1) is 13.1. The van der Waals surface area contributed by atoms with E-state index in [0.29, 0.717) is 19.1 Å². The van der Waals surface area contributed by atoms with E-state index in [0.717, 1.165) is 18.0 Å². The zero-order valence-electron chi connectivity index (χ0n) is 9.78. The van der Waals surface area contributed by atoms with Crippen molar-refractivity contribution in [3.63, 3.8) is 0 Å². The van der Waals surface area contributed by atoms with E-state index < -0.39 is 0 Å². The molecule has 0 heterocycles. The van der Waals surface area contributed by atoms with Crippen LogP contribution in [-0.2, 0) is 4.74 Å². The first-order valence-electron chi connectivity index (χ1n) is 5.27. The molecule has 0 aliphatic heterocycles. The van der Waals surface area contributed by atoms with Gasteiger partial charge in [0.1, 0.15) is 5.75 Å². The van der Waals surface area contributed by atoms with E-state index in [1.807, 2.05) is 31.3 Å². The summed E-state index contributed by atoms with van der Waals surface area (Å²) in [4.78, 5) is 2.13. The molecule has 0 aliphatic rings. The van der Waals surface area contributed by atoms with Crippen molar-refractivity contribution < 1.29 is 9.47 Å². The van der Waals surface area contributed by atoms with Crippen LogP contribution in [0.15, 0.2) is 24.3 Å². The molecule has 0 fully saturated rings. The Labute approximate surface area is 102 Å². The summed E-state index contributed by atoms with van der Waals surface area (Å²) in [5.41, 5.74) is 1.15. The molecule has 4 heteroatoms. The van der Waals surface area contributed by atoms with E-state index >= 15 is 0 Å². The highest BCUT2D eigenvalue weighted by molar-refractivity contribution is 6.17. The van der Waals surface area contributed by atoms with Crippen molar-refractivity contribution in [2.45, 2.75) is 0 Å². The first-order valence-corrected chi connectivity index (χ1v) is 5.80. The van der Waals surface area contributed by atoms with Gasteiger partial charge < -0.3 is 14.4 Å². The van der Waals surface area contributed by atoms with Gasteiger partial charge in [0.2, 0.25) is 0 Å². The summed E-state index contributed by atoms with van der Waals surface area (Å²) in [6, 6.07) is 7.96. The Bertz CT molecular complexity index is 290. The summed E-state index contributed by atoms with van der Waals surface area (Å²) < 4.78 is 10.4. The van der Waals surface area contributed by atoms with E-state index in [1.54, 1.807) is 7.11 Å². The van der Waals surface area contributed by atoms with Crippen LogP contribution in [0.25, 0.3) is 0 Å². The molecule has 0 saturated heterocycles. The monoisotopic (exact) mass is 243 g/mol. The fourth-order valence-corrected chi connectivity index (χ4v) is 1.43. The quantitative estimate of drug-likeness (QED) is 0.542. The van der Waals surface area contributed by atoms with Crippen LogP contribution in [0.2, 0.25) is 0 Å². The molecular weight excluding hydrogens is 226 g/mol. The Morgan fingerprint density at radius 2 is 1.88 bits per heavy atom. The maximum absolute atomic E-state index is 5.51. The maximum atomic E-state index is 5.51. The lowest BCUT2D eigenvalue weighted by Gasteiger charge is -2.19. The molecule has 1 aromatic carbocycles. The van der Waals surface area contributed by atoms with Gasteiger partial charge in [0.25, 0.3) is 0 Å². The number of ether oxygens (including phenoxy) is 2. The van der Waals surface area contributed by atoms with Crippen LogP contribution in [-0.4, -0.2) is 39.8 Å². The molecule has 0 aliphatic carbocycles. The number of rotatable bonds is 7. The van der Waals surface area contributed by atoms with Crippen LogP contribution in [0, 0.1) is 0 Å². The number of benzene rings is 1. The summed E-state index contributed by atoms with van der Waals surface area (Å²) in [6.07, 6.45) is 0. The van der Waals surface area contributed by atoms with E-state index in [2.05, 4.69) is 4.90 Å². The molecule has 3 nitrogen and oxygen atoms in total. The van der Waals surface area contributed by atoms with E-state index in [4.69, 9.17) is 21.1 Å². The number of hydrogen-bond donors (Lipinski definition) is 0. The Morgan fingerprint density at radius 3 is 2.44 bits per heavy atom. The average molecular weight is 244 g/mol. The van der Waals surface area contributed by atoms with Crippen molar-refractivity contribution in [2.75, 3.05) is 44.7 Å². The van der Waals surface area contributed by atoms with Gasteiger partial charge in [-0.05, 0) is 24.3 Å². The fraction of sp³-hybridized carbons (Fsp3) is 0.500. The largest absolute Gasteiger partial charge is 0.497 e. The molecule has 1 aromatic rings. The van der Waals surface area contributed by atoms with Gasteiger partial charge in [0, 0.05) is 25.2 Å². The molecule has 0 spiro atoms. The van der Waals surface area contributed by atoms with Gasteiger partial charge in [0.15, 0.2) is 0 Å². The SMILES string of the molecule is COc1ccc(N(C)CCOCCCl)cc1. The normalized spacial score (nSPS) is 10.2. The van der Waals surface area contributed by atoms with Crippen molar-refractivity contribution in [2.24, 2.45) is 0 Å². The summed E-state index contributed by atoms with van der Waals surface area (Å²) in [5, 5.41) is 0. The number of nitrogens with zero attached hydrogens (tertiary/aromatic N) is 1.